The molecule has 130 valence electrons. The monoisotopic (exact) mass is 378 g/mol. The van der Waals surface area contributed by atoms with E-state index in [0.29, 0.717) is 0 Å². The number of carbonyl (C=O) groups is 1. The molecule has 0 amide bonds. The van der Waals surface area contributed by atoms with E-state index in [9.17, 15) is 13.2 Å². The van der Waals surface area contributed by atoms with E-state index in [2.05, 4.69) is 4.98 Å². The molecule has 0 aliphatic heterocycles. The maximum Gasteiger partial charge on any atom is 0.341 e. The molecule has 0 N–H and O–H groups in total. The molecule has 25 heavy (non-hydrogen) atoms. The third kappa shape index (κ3) is 3.12. The third-order valence-corrected chi connectivity index (χ3v) is 5.55. The van der Waals surface area contributed by atoms with E-state index in [0.717, 1.165) is 9.54 Å². The first kappa shape index (κ1) is 17.4. The Hall–Kier alpha value is -2.38. The predicted octanol–water partition coefficient (Wildman–Crippen LogP) is 3.41. The summed E-state index contributed by atoms with van der Waals surface area (Å²) in [7, 11) is -3.90. The van der Waals surface area contributed by atoms with Crippen LogP contribution in [0.4, 0.5) is 0 Å². The summed E-state index contributed by atoms with van der Waals surface area (Å²) in [5.74, 6) is -0.653. The van der Waals surface area contributed by atoms with Crippen molar-refractivity contribution in [3.05, 3.63) is 58.9 Å². The van der Waals surface area contributed by atoms with Crippen molar-refractivity contribution < 1.29 is 17.9 Å². The van der Waals surface area contributed by atoms with Gasteiger partial charge in [0.25, 0.3) is 10.0 Å². The second-order valence-electron chi connectivity index (χ2n) is 5.38. The first-order chi connectivity index (χ1) is 11.8. The molecule has 0 spiro atoms. The number of hydrogen-bond acceptors (Lipinski definition) is 5. The number of pyridine rings is 1. The normalized spacial score (nSPS) is 11.6. The van der Waals surface area contributed by atoms with Crippen molar-refractivity contribution in [2.24, 2.45) is 0 Å². The lowest BCUT2D eigenvalue weighted by Crippen LogP contribution is -2.12. The van der Waals surface area contributed by atoms with Gasteiger partial charge in [0.1, 0.15) is 16.2 Å². The van der Waals surface area contributed by atoms with Crippen LogP contribution < -0.4 is 0 Å². The zero-order valence-electron chi connectivity index (χ0n) is 13.6. The number of nitrogens with zero attached hydrogens (tertiary/aromatic N) is 2. The minimum absolute atomic E-state index is 0.0510. The summed E-state index contributed by atoms with van der Waals surface area (Å²) in [5, 5.41) is 0.156. The van der Waals surface area contributed by atoms with Crippen LogP contribution in [0, 0.1) is 6.92 Å². The molecule has 8 heteroatoms. The summed E-state index contributed by atoms with van der Waals surface area (Å²) in [6.45, 7) is 3.70. The summed E-state index contributed by atoms with van der Waals surface area (Å²) < 4.78 is 32.0. The van der Waals surface area contributed by atoms with E-state index < -0.39 is 16.0 Å². The van der Waals surface area contributed by atoms with E-state index in [1.807, 2.05) is 6.92 Å². The van der Waals surface area contributed by atoms with E-state index in [-0.39, 0.29) is 33.3 Å². The molecule has 0 aliphatic rings. The van der Waals surface area contributed by atoms with E-state index in [1.54, 1.807) is 19.1 Å². The average Bonchev–Trinajstić information content (AvgIpc) is 2.95. The molecule has 0 aliphatic carbocycles. The number of benzene rings is 1. The Morgan fingerprint density at radius 1 is 1.20 bits per heavy atom. The van der Waals surface area contributed by atoms with Crippen LogP contribution >= 0.6 is 11.6 Å². The maximum absolute atomic E-state index is 13.0. The molecule has 3 rings (SSSR count). The lowest BCUT2D eigenvalue weighted by Gasteiger charge is -2.07. The number of aryl methyl sites for hydroxylation is 1. The number of rotatable bonds is 4. The summed E-state index contributed by atoms with van der Waals surface area (Å²) in [5.41, 5.74) is 1.43. The fourth-order valence-corrected chi connectivity index (χ4v) is 3.94. The Kier molecular flexibility index (Phi) is 4.53. The largest absolute Gasteiger partial charge is 0.462 e. The highest BCUT2D eigenvalue weighted by molar-refractivity contribution is 7.90. The maximum atomic E-state index is 13.0. The van der Waals surface area contributed by atoms with Gasteiger partial charge in [0.05, 0.1) is 17.0 Å². The SMILES string of the molecule is CCOC(=O)c1cn(S(=O)(=O)c2ccc(C)cc2)c2ccc(Cl)nc12. The van der Waals surface area contributed by atoms with Crippen LogP contribution in [0.25, 0.3) is 11.0 Å². The van der Waals surface area contributed by atoms with Crippen molar-refractivity contribution in [2.75, 3.05) is 6.61 Å². The van der Waals surface area contributed by atoms with Crippen molar-refractivity contribution in [1.29, 1.82) is 0 Å². The molecule has 2 aromatic heterocycles. The fourth-order valence-electron chi connectivity index (χ4n) is 2.43. The molecular weight excluding hydrogens is 364 g/mol. The zero-order valence-corrected chi connectivity index (χ0v) is 15.1. The minimum atomic E-state index is -3.90. The van der Waals surface area contributed by atoms with Gasteiger partial charge in [-0.3, -0.25) is 0 Å². The molecule has 6 nitrogen and oxygen atoms in total. The topological polar surface area (TPSA) is 78.3 Å². The highest BCUT2D eigenvalue weighted by Crippen LogP contribution is 2.27. The predicted molar refractivity (Wildman–Crippen MR) is 94.5 cm³/mol. The molecule has 1 aromatic carbocycles. The van der Waals surface area contributed by atoms with Crippen LogP contribution in [-0.2, 0) is 14.8 Å². The minimum Gasteiger partial charge on any atom is -0.462 e. The molecule has 0 fully saturated rings. The number of carbonyl (C=O) groups excluding carboxylic acids is 1. The summed E-state index contributed by atoms with van der Waals surface area (Å²) >= 11 is 5.91. The highest BCUT2D eigenvalue weighted by Gasteiger charge is 2.25. The van der Waals surface area contributed by atoms with Gasteiger partial charge in [-0.2, -0.15) is 0 Å². The molecular formula is C17H15ClN2O4S. The van der Waals surface area contributed by atoms with Gasteiger partial charge in [-0.05, 0) is 38.1 Å². The molecule has 0 unspecified atom stereocenters. The van der Waals surface area contributed by atoms with Crippen LogP contribution in [0.2, 0.25) is 5.15 Å². The molecule has 0 bridgehead atoms. The van der Waals surface area contributed by atoms with Gasteiger partial charge in [-0.1, -0.05) is 29.3 Å². The lowest BCUT2D eigenvalue weighted by atomic mass is 10.2. The summed E-state index contributed by atoms with van der Waals surface area (Å²) in [4.78, 5) is 16.4. The number of fused-ring (bicyclic) bond motifs is 1. The number of ether oxygens (including phenoxy) is 1. The van der Waals surface area contributed by atoms with Gasteiger partial charge in [0, 0.05) is 6.20 Å². The van der Waals surface area contributed by atoms with E-state index >= 15 is 0 Å². The Labute approximate surface area is 150 Å². The summed E-state index contributed by atoms with van der Waals surface area (Å²) in [6.07, 6.45) is 1.22. The second kappa shape index (κ2) is 6.50. The third-order valence-electron chi connectivity index (χ3n) is 3.65. The summed E-state index contributed by atoms with van der Waals surface area (Å²) in [6, 6.07) is 9.44. The van der Waals surface area contributed by atoms with Gasteiger partial charge in [0.15, 0.2) is 0 Å². The van der Waals surface area contributed by atoms with Crippen molar-refractivity contribution in [3.63, 3.8) is 0 Å². The number of aromatic nitrogens is 2. The molecule has 0 radical (unpaired) electrons. The van der Waals surface area contributed by atoms with Crippen molar-refractivity contribution >= 4 is 38.6 Å². The fraction of sp³-hybridized carbons (Fsp3) is 0.176. The van der Waals surface area contributed by atoms with E-state index in [4.69, 9.17) is 16.3 Å². The number of hydrogen-bond donors (Lipinski definition) is 0. The second-order valence-corrected chi connectivity index (χ2v) is 7.58. The van der Waals surface area contributed by atoms with Gasteiger partial charge in [0.2, 0.25) is 0 Å². The number of halogens is 1. The smallest absolute Gasteiger partial charge is 0.341 e. The van der Waals surface area contributed by atoms with Gasteiger partial charge < -0.3 is 4.74 Å². The van der Waals surface area contributed by atoms with Gasteiger partial charge in [-0.25, -0.2) is 22.2 Å². The Morgan fingerprint density at radius 3 is 2.52 bits per heavy atom. The average molecular weight is 379 g/mol. The van der Waals surface area contributed by atoms with Gasteiger partial charge >= 0.3 is 5.97 Å². The molecule has 0 saturated heterocycles. The van der Waals surface area contributed by atoms with Crippen LogP contribution in [-0.4, -0.2) is 30.0 Å². The van der Waals surface area contributed by atoms with Crippen molar-refractivity contribution in [1.82, 2.24) is 8.96 Å². The van der Waals surface area contributed by atoms with Gasteiger partial charge in [-0.15, -0.1) is 0 Å². The van der Waals surface area contributed by atoms with Crippen LogP contribution in [0.5, 0.6) is 0 Å². The molecule has 0 saturated carbocycles. The lowest BCUT2D eigenvalue weighted by molar-refractivity contribution is 0.0528. The van der Waals surface area contributed by atoms with E-state index in [1.165, 1.54) is 30.5 Å². The quantitative estimate of drug-likeness (QED) is 0.513. The highest BCUT2D eigenvalue weighted by atomic mass is 35.5. The first-order valence-corrected chi connectivity index (χ1v) is 9.33. The van der Waals surface area contributed by atoms with Crippen molar-refractivity contribution in [3.8, 4) is 0 Å². The molecule has 0 atom stereocenters. The Bertz CT molecular complexity index is 1060. The first-order valence-electron chi connectivity index (χ1n) is 7.51. The zero-order chi connectivity index (χ0) is 18.2. The number of esters is 1. The molecule has 2 heterocycles. The van der Waals surface area contributed by atoms with Crippen molar-refractivity contribution in [2.45, 2.75) is 18.7 Å². The Balaban J connectivity index is 2.26. The molecule has 3 aromatic rings. The van der Waals surface area contributed by atoms with Crippen LogP contribution in [0.15, 0.2) is 47.5 Å². The Morgan fingerprint density at radius 2 is 1.88 bits per heavy atom. The standard InChI is InChI=1S/C17H15ClN2O4S/c1-3-24-17(21)13-10-20(14-8-9-15(18)19-16(13)14)25(22,23)12-6-4-11(2)5-7-12/h4-10H,3H2,1-2H3. The van der Waals surface area contributed by atoms with Crippen LogP contribution in [0.1, 0.15) is 22.8 Å². The van der Waals surface area contributed by atoms with Crippen LogP contribution in [0.3, 0.4) is 0 Å².